The Morgan fingerprint density at radius 3 is 2.21 bits per heavy atom. The molecule has 2 atom stereocenters. The number of esters is 2. The van der Waals surface area contributed by atoms with E-state index in [1.807, 2.05) is 0 Å². The van der Waals surface area contributed by atoms with Crippen molar-refractivity contribution in [3.05, 3.63) is 24.8 Å². The molecule has 19 heavy (non-hydrogen) atoms. The van der Waals surface area contributed by atoms with Gasteiger partial charge < -0.3 is 19.9 Å². The molecule has 0 aliphatic rings. The number of rotatable bonds is 6. The summed E-state index contributed by atoms with van der Waals surface area (Å²) < 4.78 is 14.5. The van der Waals surface area contributed by atoms with Gasteiger partial charge in [0.2, 0.25) is 0 Å². The van der Waals surface area contributed by atoms with Gasteiger partial charge in [0.1, 0.15) is 0 Å². The third kappa shape index (κ3) is 5.24. The minimum atomic E-state index is -1.86. The first-order chi connectivity index (χ1) is 8.62. The first-order valence-corrected chi connectivity index (χ1v) is 5.32. The molecule has 0 aliphatic heterocycles. The number of nitrogens with two attached hydrogens (primary N) is 1. The molecule has 0 rings (SSSR count). The summed E-state index contributed by atoms with van der Waals surface area (Å²) in [7, 11) is 0. The molecule has 0 aromatic rings. The van der Waals surface area contributed by atoms with Gasteiger partial charge in [-0.25, -0.2) is 14.4 Å². The highest BCUT2D eigenvalue weighted by molar-refractivity contribution is 5.87. The zero-order valence-electron chi connectivity index (χ0n) is 11.1. The number of carbonyl (C=O) groups is 3. The van der Waals surface area contributed by atoms with E-state index in [1.165, 1.54) is 20.8 Å². The number of hydrogen-bond acceptors (Lipinski definition) is 6. The summed E-state index contributed by atoms with van der Waals surface area (Å²) in [6.45, 7) is 10.6. The molecule has 2 N–H and O–H groups in total. The lowest BCUT2D eigenvalue weighted by atomic mass is 10.2. The second-order valence-corrected chi connectivity index (χ2v) is 3.89. The van der Waals surface area contributed by atoms with Crippen LogP contribution in [0.5, 0.6) is 0 Å². The molecule has 2 unspecified atom stereocenters. The monoisotopic (exact) mass is 271 g/mol. The molecule has 0 aliphatic carbocycles. The lowest BCUT2D eigenvalue weighted by molar-refractivity contribution is -0.235. The van der Waals surface area contributed by atoms with Crippen LogP contribution in [-0.2, 0) is 23.8 Å². The lowest BCUT2D eigenvalue weighted by Gasteiger charge is -2.32. The number of amides is 1. The van der Waals surface area contributed by atoms with Crippen LogP contribution in [0.15, 0.2) is 24.8 Å². The van der Waals surface area contributed by atoms with Crippen LogP contribution in [0.3, 0.4) is 0 Å². The summed E-state index contributed by atoms with van der Waals surface area (Å²) in [6, 6.07) is 0. The second kappa shape index (κ2) is 6.58. The molecule has 0 saturated heterocycles. The number of primary amides is 1. The lowest BCUT2D eigenvalue weighted by Crippen LogP contribution is -2.49. The molecule has 0 aromatic heterocycles. The van der Waals surface area contributed by atoms with Gasteiger partial charge in [0.15, 0.2) is 6.10 Å². The smallest absolute Gasteiger partial charge is 0.407 e. The normalized spacial score (nSPS) is 14.5. The van der Waals surface area contributed by atoms with E-state index < -0.39 is 29.9 Å². The fourth-order valence-electron chi connectivity index (χ4n) is 0.987. The molecule has 0 spiro atoms. The van der Waals surface area contributed by atoms with Crippen molar-refractivity contribution in [3.8, 4) is 0 Å². The van der Waals surface area contributed by atoms with E-state index in [4.69, 9.17) is 19.9 Å². The van der Waals surface area contributed by atoms with Crippen LogP contribution in [0.1, 0.15) is 20.8 Å². The Kier molecular flexibility index (Phi) is 5.78. The zero-order chi connectivity index (χ0) is 15.2. The second-order valence-electron chi connectivity index (χ2n) is 3.89. The standard InChI is InChI=1S/C12H17NO6/c1-6-9(14)17-8(4)12(5,19-11(13)16)18-10(15)7(2)3/h6,8H,1-2H2,3-5H3,(H2,13,16). The maximum atomic E-state index is 11.5. The van der Waals surface area contributed by atoms with E-state index in [-0.39, 0.29) is 5.57 Å². The number of hydrogen-bond donors (Lipinski definition) is 1. The maximum Gasteiger partial charge on any atom is 0.407 e. The quantitative estimate of drug-likeness (QED) is 0.439. The van der Waals surface area contributed by atoms with Crippen molar-refractivity contribution in [3.63, 3.8) is 0 Å². The Balaban J connectivity index is 5.09. The fraction of sp³-hybridized carbons (Fsp3) is 0.417. The molecule has 0 heterocycles. The van der Waals surface area contributed by atoms with E-state index in [2.05, 4.69) is 13.2 Å². The third-order valence-electron chi connectivity index (χ3n) is 2.15. The summed E-state index contributed by atoms with van der Waals surface area (Å²) >= 11 is 0. The molecule has 0 bridgehead atoms. The van der Waals surface area contributed by atoms with Crippen LogP contribution in [0.2, 0.25) is 0 Å². The number of ether oxygens (including phenoxy) is 3. The van der Waals surface area contributed by atoms with E-state index in [0.717, 1.165) is 6.08 Å². The molecule has 0 fully saturated rings. The summed E-state index contributed by atoms with van der Waals surface area (Å²) in [6.07, 6.45) is -1.35. The summed E-state index contributed by atoms with van der Waals surface area (Å²) in [5, 5.41) is 0. The highest BCUT2D eigenvalue weighted by Gasteiger charge is 2.41. The molecule has 1 amide bonds. The largest absolute Gasteiger partial charge is 0.451 e. The van der Waals surface area contributed by atoms with Gasteiger partial charge in [0, 0.05) is 18.6 Å². The molecular weight excluding hydrogens is 254 g/mol. The van der Waals surface area contributed by atoms with Crippen molar-refractivity contribution in [2.24, 2.45) is 5.73 Å². The van der Waals surface area contributed by atoms with Gasteiger partial charge in [0.05, 0.1) is 0 Å². The van der Waals surface area contributed by atoms with Gasteiger partial charge in [-0.15, -0.1) is 0 Å². The minimum Gasteiger partial charge on any atom is -0.451 e. The molecule has 0 aromatic carbocycles. The first-order valence-electron chi connectivity index (χ1n) is 5.32. The van der Waals surface area contributed by atoms with Crippen molar-refractivity contribution in [2.45, 2.75) is 32.7 Å². The predicted molar refractivity (Wildman–Crippen MR) is 65.7 cm³/mol. The van der Waals surface area contributed by atoms with Crippen LogP contribution < -0.4 is 5.73 Å². The van der Waals surface area contributed by atoms with Gasteiger partial charge in [-0.05, 0) is 13.8 Å². The molecule has 106 valence electrons. The summed E-state index contributed by atoms with van der Waals surface area (Å²) in [4.78, 5) is 33.4. The van der Waals surface area contributed by atoms with Gasteiger partial charge in [-0.3, -0.25) is 0 Å². The Morgan fingerprint density at radius 2 is 1.84 bits per heavy atom. The van der Waals surface area contributed by atoms with E-state index in [0.29, 0.717) is 0 Å². The third-order valence-corrected chi connectivity index (χ3v) is 2.15. The SMILES string of the molecule is C=CC(=O)OC(C)C(C)(OC(N)=O)OC(=O)C(=C)C. The van der Waals surface area contributed by atoms with Crippen molar-refractivity contribution in [2.75, 3.05) is 0 Å². The zero-order valence-corrected chi connectivity index (χ0v) is 11.1. The Morgan fingerprint density at radius 1 is 1.32 bits per heavy atom. The van der Waals surface area contributed by atoms with Gasteiger partial charge in [0.25, 0.3) is 5.79 Å². The van der Waals surface area contributed by atoms with Crippen LogP contribution in [0.25, 0.3) is 0 Å². The minimum absolute atomic E-state index is 0.0848. The highest BCUT2D eigenvalue weighted by atomic mass is 16.8. The van der Waals surface area contributed by atoms with Gasteiger partial charge >= 0.3 is 18.0 Å². The van der Waals surface area contributed by atoms with Gasteiger partial charge in [-0.1, -0.05) is 13.2 Å². The van der Waals surface area contributed by atoms with Crippen LogP contribution in [0, 0.1) is 0 Å². The van der Waals surface area contributed by atoms with E-state index in [9.17, 15) is 14.4 Å². The van der Waals surface area contributed by atoms with Crippen LogP contribution in [-0.4, -0.2) is 29.9 Å². The van der Waals surface area contributed by atoms with Crippen LogP contribution >= 0.6 is 0 Å². The van der Waals surface area contributed by atoms with Crippen molar-refractivity contribution >= 4 is 18.0 Å². The molecular formula is C12H17NO6. The van der Waals surface area contributed by atoms with Crippen molar-refractivity contribution in [1.29, 1.82) is 0 Å². The Labute approximate surface area is 111 Å². The Bertz CT molecular complexity index is 416. The molecule has 7 heteroatoms. The van der Waals surface area contributed by atoms with Crippen molar-refractivity contribution in [1.82, 2.24) is 0 Å². The van der Waals surface area contributed by atoms with E-state index >= 15 is 0 Å². The molecule has 0 saturated carbocycles. The average Bonchev–Trinajstić information content (AvgIpc) is 2.27. The fourth-order valence-corrected chi connectivity index (χ4v) is 0.987. The number of carbonyl (C=O) groups excluding carboxylic acids is 3. The topological polar surface area (TPSA) is 105 Å². The first kappa shape index (κ1) is 16.7. The van der Waals surface area contributed by atoms with Crippen molar-refractivity contribution < 1.29 is 28.6 Å². The predicted octanol–water partition coefficient (Wildman–Crippen LogP) is 1.03. The summed E-state index contributed by atoms with van der Waals surface area (Å²) in [5.74, 6) is -3.44. The molecule has 7 nitrogen and oxygen atoms in total. The summed E-state index contributed by atoms with van der Waals surface area (Å²) in [5.41, 5.74) is 4.98. The average molecular weight is 271 g/mol. The van der Waals surface area contributed by atoms with Crippen LogP contribution in [0.4, 0.5) is 4.79 Å². The molecule has 0 radical (unpaired) electrons. The highest BCUT2D eigenvalue weighted by Crippen LogP contribution is 2.22. The Hall–Kier alpha value is -2.31. The van der Waals surface area contributed by atoms with E-state index in [1.54, 1.807) is 0 Å². The van der Waals surface area contributed by atoms with Gasteiger partial charge in [-0.2, -0.15) is 0 Å². The maximum absolute atomic E-state index is 11.5.